The first-order valence-electron chi connectivity index (χ1n) is 6.56. The van der Waals surface area contributed by atoms with Crippen LogP contribution in [0.25, 0.3) is 0 Å². The zero-order chi connectivity index (χ0) is 15.4. The van der Waals surface area contributed by atoms with Crippen molar-refractivity contribution in [1.29, 1.82) is 0 Å². The van der Waals surface area contributed by atoms with Gasteiger partial charge in [0.25, 0.3) is 0 Å². The number of carboxylic acid groups (broad SMARTS) is 1. The van der Waals surface area contributed by atoms with Crippen LogP contribution in [-0.4, -0.2) is 11.9 Å². The number of rotatable bonds is 4. The Hall–Kier alpha value is -1.52. The van der Waals surface area contributed by atoms with Gasteiger partial charge in [0.2, 0.25) is 5.91 Å². The number of hydrogen-bond donors (Lipinski definition) is 1. The summed E-state index contributed by atoms with van der Waals surface area (Å²) in [6.45, 7) is 0.274. The summed E-state index contributed by atoms with van der Waals surface area (Å²) in [5.41, 5.74) is 0.800. The van der Waals surface area contributed by atoms with Crippen molar-refractivity contribution in [3.8, 4) is 0 Å². The van der Waals surface area contributed by atoms with Crippen LogP contribution >= 0.6 is 23.2 Å². The summed E-state index contributed by atoms with van der Waals surface area (Å²) >= 11 is 11.7. The molecular formula is C15H14Cl2NO3-. The number of carbonyl (C=O) groups is 2. The van der Waals surface area contributed by atoms with E-state index >= 15 is 0 Å². The van der Waals surface area contributed by atoms with Crippen molar-refractivity contribution in [3.05, 3.63) is 46.0 Å². The quantitative estimate of drug-likeness (QED) is 0.860. The first-order chi connectivity index (χ1) is 9.99. The summed E-state index contributed by atoms with van der Waals surface area (Å²) in [7, 11) is 0. The molecule has 1 aromatic rings. The third-order valence-corrected chi connectivity index (χ3v) is 4.26. The van der Waals surface area contributed by atoms with Gasteiger partial charge in [-0.05, 0) is 30.5 Å². The number of carbonyl (C=O) groups excluding carboxylic acids is 2. The maximum atomic E-state index is 12.1. The maximum absolute atomic E-state index is 12.1. The monoisotopic (exact) mass is 326 g/mol. The molecule has 1 amide bonds. The van der Waals surface area contributed by atoms with Gasteiger partial charge in [0.05, 0.1) is 10.0 Å². The molecule has 0 saturated carbocycles. The highest BCUT2D eigenvalue weighted by atomic mass is 35.5. The van der Waals surface area contributed by atoms with Crippen molar-refractivity contribution in [2.24, 2.45) is 11.8 Å². The minimum Gasteiger partial charge on any atom is -0.550 e. The Kier molecular flexibility index (Phi) is 5.26. The molecule has 2 atom stereocenters. The third-order valence-electron chi connectivity index (χ3n) is 3.52. The summed E-state index contributed by atoms with van der Waals surface area (Å²) in [6, 6.07) is 5.07. The molecule has 0 heterocycles. The van der Waals surface area contributed by atoms with Crippen molar-refractivity contribution in [1.82, 2.24) is 5.32 Å². The first-order valence-corrected chi connectivity index (χ1v) is 7.32. The molecule has 0 fully saturated rings. The number of amides is 1. The second-order valence-corrected chi connectivity index (χ2v) is 5.76. The van der Waals surface area contributed by atoms with E-state index in [0.717, 1.165) is 5.56 Å². The Morgan fingerprint density at radius 2 is 1.81 bits per heavy atom. The van der Waals surface area contributed by atoms with Gasteiger partial charge in [0.1, 0.15) is 0 Å². The van der Waals surface area contributed by atoms with E-state index in [1.807, 2.05) is 6.08 Å². The van der Waals surface area contributed by atoms with E-state index < -0.39 is 17.8 Å². The average molecular weight is 327 g/mol. The van der Waals surface area contributed by atoms with Crippen LogP contribution in [0.4, 0.5) is 0 Å². The molecular weight excluding hydrogens is 313 g/mol. The summed E-state index contributed by atoms with van der Waals surface area (Å²) in [5, 5.41) is 14.7. The summed E-state index contributed by atoms with van der Waals surface area (Å²) in [6.07, 6.45) is 4.32. The van der Waals surface area contributed by atoms with Crippen molar-refractivity contribution in [3.63, 3.8) is 0 Å². The number of halogens is 2. The SMILES string of the molecule is O=C([O-])C1CC=CCC1C(=O)NCc1ccc(Cl)c(Cl)c1. The largest absolute Gasteiger partial charge is 0.550 e. The van der Waals surface area contributed by atoms with E-state index in [0.29, 0.717) is 22.9 Å². The van der Waals surface area contributed by atoms with Crippen LogP contribution in [0.3, 0.4) is 0 Å². The summed E-state index contributed by atoms with van der Waals surface area (Å²) in [5.74, 6) is -2.85. The van der Waals surface area contributed by atoms with E-state index in [9.17, 15) is 14.7 Å². The van der Waals surface area contributed by atoms with Gasteiger partial charge in [-0.25, -0.2) is 0 Å². The predicted molar refractivity (Wildman–Crippen MR) is 78.7 cm³/mol. The third kappa shape index (κ3) is 3.99. The van der Waals surface area contributed by atoms with Gasteiger partial charge < -0.3 is 15.2 Å². The van der Waals surface area contributed by atoms with Gasteiger partial charge in [-0.2, -0.15) is 0 Å². The molecule has 0 aromatic heterocycles. The fraction of sp³-hybridized carbons (Fsp3) is 0.333. The second kappa shape index (κ2) is 6.96. The normalized spacial score (nSPS) is 21.0. The van der Waals surface area contributed by atoms with E-state index in [4.69, 9.17) is 23.2 Å². The summed E-state index contributed by atoms with van der Waals surface area (Å²) < 4.78 is 0. The molecule has 21 heavy (non-hydrogen) atoms. The molecule has 112 valence electrons. The lowest BCUT2D eigenvalue weighted by molar-refractivity contribution is -0.313. The van der Waals surface area contributed by atoms with Crippen LogP contribution in [-0.2, 0) is 16.1 Å². The standard InChI is InChI=1S/C15H15Cl2NO3/c16-12-6-5-9(7-13(12)17)8-18-14(19)10-3-1-2-4-11(10)15(20)21/h1-2,5-7,10-11H,3-4,8H2,(H,18,19)(H,20,21)/p-1. The zero-order valence-electron chi connectivity index (χ0n) is 11.1. The summed E-state index contributed by atoms with van der Waals surface area (Å²) in [4.78, 5) is 23.2. The average Bonchev–Trinajstić information content (AvgIpc) is 2.48. The number of hydrogen-bond acceptors (Lipinski definition) is 3. The van der Waals surface area contributed by atoms with Crippen LogP contribution in [0.5, 0.6) is 0 Å². The molecule has 0 aliphatic heterocycles. The highest BCUT2D eigenvalue weighted by Crippen LogP contribution is 2.26. The molecule has 4 nitrogen and oxygen atoms in total. The molecule has 2 rings (SSSR count). The van der Waals surface area contributed by atoms with Gasteiger partial charge in [-0.3, -0.25) is 4.79 Å². The highest BCUT2D eigenvalue weighted by Gasteiger charge is 2.29. The molecule has 6 heteroatoms. The fourth-order valence-electron chi connectivity index (χ4n) is 2.33. The van der Waals surface area contributed by atoms with Gasteiger partial charge in [-0.15, -0.1) is 0 Å². The van der Waals surface area contributed by atoms with Crippen LogP contribution in [0.15, 0.2) is 30.4 Å². The van der Waals surface area contributed by atoms with E-state index in [2.05, 4.69) is 5.32 Å². The lowest BCUT2D eigenvalue weighted by Gasteiger charge is -2.28. The van der Waals surface area contributed by atoms with Crippen molar-refractivity contribution >= 4 is 35.1 Å². The Bertz CT molecular complexity index is 586. The molecule has 1 N–H and O–H groups in total. The van der Waals surface area contributed by atoms with E-state index in [1.165, 1.54) is 0 Å². The van der Waals surface area contributed by atoms with Crippen molar-refractivity contribution < 1.29 is 14.7 Å². The van der Waals surface area contributed by atoms with Crippen LogP contribution in [0, 0.1) is 11.8 Å². The molecule has 1 aliphatic rings. The van der Waals surface area contributed by atoms with Gasteiger partial charge in [0.15, 0.2) is 0 Å². The molecule has 0 spiro atoms. The van der Waals surface area contributed by atoms with Gasteiger partial charge in [-0.1, -0.05) is 41.4 Å². The molecule has 0 saturated heterocycles. The number of benzene rings is 1. The van der Waals surface area contributed by atoms with E-state index in [-0.39, 0.29) is 12.5 Å². The Labute approximate surface area is 132 Å². The first kappa shape index (κ1) is 15.9. The molecule has 0 bridgehead atoms. The Balaban J connectivity index is 1.99. The fourth-order valence-corrected chi connectivity index (χ4v) is 2.66. The minimum absolute atomic E-state index is 0.274. The molecule has 0 radical (unpaired) electrons. The van der Waals surface area contributed by atoms with Gasteiger partial charge in [0, 0.05) is 24.3 Å². The molecule has 1 aliphatic carbocycles. The van der Waals surface area contributed by atoms with Gasteiger partial charge >= 0.3 is 0 Å². The zero-order valence-corrected chi connectivity index (χ0v) is 12.7. The van der Waals surface area contributed by atoms with Crippen molar-refractivity contribution in [2.45, 2.75) is 19.4 Å². The topological polar surface area (TPSA) is 69.2 Å². The lowest BCUT2D eigenvalue weighted by Crippen LogP contribution is -2.43. The van der Waals surface area contributed by atoms with Crippen LogP contribution in [0.1, 0.15) is 18.4 Å². The van der Waals surface area contributed by atoms with Crippen LogP contribution < -0.4 is 10.4 Å². The molecule has 1 aromatic carbocycles. The van der Waals surface area contributed by atoms with Crippen molar-refractivity contribution in [2.75, 3.05) is 0 Å². The number of aliphatic carboxylic acids is 1. The number of nitrogens with one attached hydrogen (secondary N) is 1. The second-order valence-electron chi connectivity index (χ2n) is 4.94. The predicted octanol–water partition coefficient (Wildman–Crippen LogP) is 1.94. The lowest BCUT2D eigenvalue weighted by atomic mass is 9.82. The Morgan fingerprint density at radius 3 is 2.43 bits per heavy atom. The smallest absolute Gasteiger partial charge is 0.224 e. The molecule has 2 unspecified atom stereocenters. The number of allylic oxidation sites excluding steroid dienone is 2. The van der Waals surface area contributed by atoms with E-state index in [1.54, 1.807) is 24.3 Å². The minimum atomic E-state index is -1.19. The number of carboxylic acids is 1. The Morgan fingerprint density at radius 1 is 1.14 bits per heavy atom. The van der Waals surface area contributed by atoms with Crippen LogP contribution in [0.2, 0.25) is 10.0 Å². The highest BCUT2D eigenvalue weighted by molar-refractivity contribution is 6.42. The maximum Gasteiger partial charge on any atom is 0.224 e.